The molecule has 1 heterocycles. The van der Waals surface area contributed by atoms with Gasteiger partial charge >= 0.3 is 0 Å². The Balaban J connectivity index is 2.24. The van der Waals surface area contributed by atoms with Crippen LogP contribution in [-0.4, -0.2) is 24.3 Å². The Morgan fingerprint density at radius 3 is 2.59 bits per heavy atom. The molecule has 2 rings (SSSR count). The largest absolute Gasteiger partial charge is 0.378 e. The third-order valence-corrected chi connectivity index (χ3v) is 2.58. The summed E-state index contributed by atoms with van der Waals surface area (Å²) < 4.78 is 0. The van der Waals surface area contributed by atoms with E-state index in [0.29, 0.717) is 6.42 Å². The quantitative estimate of drug-likeness (QED) is 0.873. The summed E-state index contributed by atoms with van der Waals surface area (Å²) in [7, 11) is 4.02. The Kier molecular flexibility index (Phi) is 3.10. The molecule has 0 atom stereocenters. The molecule has 0 aliphatic heterocycles. The Hall–Kier alpha value is -2.28. The number of nitrogens with one attached hydrogen (secondary N) is 1. The van der Waals surface area contributed by atoms with Crippen LogP contribution >= 0.6 is 0 Å². The van der Waals surface area contributed by atoms with E-state index >= 15 is 0 Å². The number of nitrogens with zero attached hydrogens (tertiary/aromatic N) is 3. The van der Waals surface area contributed by atoms with E-state index in [-0.39, 0.29) is 0 Å². The maximum absolute atomic E-state index is 8.59. The number of rotatable bonds is 3. The maximum atomic E-state index is 8.59. The van der Waals surface area contributed by atoms with Gasteiger partial charge in [-0.3, -0.25) is 5.10 Å². The highest BCUT2D eigenvalue weighted by Gasteiger charge is 2.04. The third kappa shape index (κ3) is 2.45. The summed E-state index contributed by atoms with van der Waals surface area (Å²) in [6.45, 7) is 0. The van der Waals surface area contributed by atoms with Gasteiger partial charge in [0.2, 0.25) is 0 Å². The van der Waals surface area contributed by atoms with Gasteiger partial charge in [0.05, 0.1) is 18.2 Å². The second kappa shape index (κ2) is 4.71. The first-order valence-electron chi connectivity index (χ1n) is 5.39. The molecule has 0 spiro atoms. The van der Waals surface area contributed by atoms with Crippen LogP contribution in [0.1, 0.15) is 5.69 Å². The number of benzene rings is 1. The molecule has 17 heavy (non-hydrogen) atoms. The molecule has 4 nitrogen and oxygen atoms in total. The second-order valence-corrected chi connectivity index (χ2v) is 4.05. The normalized spacial score (nSPS) is 9.94. The molecule has 1 aromatic carbocycles. The lowest BCUT2D eigenvalue weighted by Gasteiger charge is -2.11. The molecule has 4 heteroatoms. The number of aromatic amines is 1. The topological polar surface area (TPSA) is 55.7 Å². The SMILES string of the molecule is CN(C)c1ccc(-c2cc(CC#N)[nH]n2)cc1. The average Bonchev–Trinajstić information content (AvgIpc) is 2.78. The molecule has 0 amide bonds. The number of H-pyrrole nitrogens is 1. The van der Waals surface area contributed by atoms with Crippen LogP contribution in [-0.2, 0) is 6.42 Å². The molecule has 0 unspecified atom stereocenters. The van der Waals surface area contributed by atoms with E-state index < -0.39 is 0 Å². The van der Waals surface area contributed by atoms with Crippen LogP contribution in [0.5, 0.6) is 0 Å². The zero-order chi connectivity index (χ0) is 12.3. The molecule has 2 aromatic rings. The van der Waals surface area contributed by atoms with Crippen LogP contribution in [0.15, 0.2) is 30.3 Å². The molecule has 0 aliphatic rings. The van der Waals surface area contributed by atoms with Crippen molar-refractivity contribution in [1.82, 2.24) is 10.2 Å². The highest BCUT2D eigenvalue weighted by Crippen LogP contribution is 2.21. The van der Waals surface area contributed by atoms with Gasteiger partial charge in [0.25, 0.3) is 0 Å². The summed E-state index contributed by atoms with van der Waals surface area (Å²) in [6.07, 6.45) is 0.364. The van der Waals surface area contributed by atoms with Crippen LogP contribution in [0.2, 0.25) is 0 Å². The van der Waals surface area contributed by atoms with Crippen LogP contribution in [0.4, 0.5) is 5.69 Å². The second-order valence-electron chi connectivity index (χ2n) is 4.05. The minimum atomic E-state index is 0.364. The van der Waals surface area contributed by atoms with Crippen LogP contribution in [0.25, 0.3) is 11.3 Å². The molecule has 1 aromatic heterocycles. The molecule has 1 N–H and O–H groups in total. The molecule has 0 bridgehead atoms. The van der Waals surface area contributed by atoms with E-state index in [9.17, 15) is 0 Å². The molecular weight excluding hydrogens is 212 g/mol. The third-order valence-electron chi connectivity index (χ3n) is 2.58. The lowest BCUT2D eigenvalue weighted by molar-refractivity contribution is 1.02. The van der Waals surface area contributed by atoms with E-state index in [2.05, 4.69) is 21.2 Å². The van der Waals surface area contributed by atoms with Crippen LogP contribution in [0.3, 0.4) is 0 Å². The summed E-state index contributed by atoms with van der Waals surface area (Å²) in [5.41, 5.74) is 3.93. The first-order valence-corrected chi connectivity index (χ1v) is 5.39. The number of hydrogen-bond acceptors (Lipinski definition) is 3. The fourth-order valence-electron chi connectivity index (χ4n) is 1.62. The van der Waals surface area contributed by atoms with Crippen molar-refractivity contribution in [2.75, 3.05) is 19.0 Å². The lowest BCUT2D eigenvalue weighted by Crippen LogP contribution is -2.07. The fraction of sp³-hybridized carbons (Fsp3) is 0.231. The van der Waals surface area contributed by atoms with Crippen LogP contribution < -0.4 is 4.90 Å². The predicted octanol–water partition coefficient (Wildman–Crippen LogP) is 2.21. The standard InChI is InChI=1S/C13H14N4/c1-17(2)12-5-3-10(4-6-12)13-9-11(7-8-14)15-16-13/h3-6,9H,7H2,1-2H3,(H,15,16). The number of hydrogen-bond donors (Lipinski definition) is 1. The smallest absolute Gasteiger partial charge is 0.0923 e. The molecule has 0 saturated carbocycles. The van der Waals surface area contributed by atoms with E-state index in [4.69, 9.17) is 5.26 Å². The summed E-state index contributed by atoms with van der Waals surface area (Å²) >= 11 is 0. The fourth-order valence-corrected chi connectivity index (χ4v) is 1.62. The van der Waals surface area contributed by atoms with Crippen molar-refractivity contribution in [2.24, 2.45) is 0 Å². The number of aromatic nitrogens is 2. The van der Waals surface area contributed by atoms with Gasteiger partial charge in [-0.05, 0) is 18.2 Å². The molecular formula is C13H14N4. The van der Waals surface area contributed by atoms with Gasteiger partial charge in [0, 0.05) is 31.0 Å². The van der Waals surface area contributed by atoms with Gasteiger partial charge in [-0.1, -0.05) is 12.1 Å². The van der Waals surface area contributed by atoms with Crippen molar-refractivity contribution in [1.29, 1.82) is 5.26 Å². The Morgan fingerprint density at radius 1 is 1.29 bits per heavy atom. The van der Waals surface area contributed by atoms with E-state index in [1.54, 1.807) is 0 Å². The Morgan fingerprint density at radius 2 is 2.00 bits per heavy atom. The first kappa shape index (κ1) is 11.2. The summed E-state index contributed by atoms with van der Waals surface area (Å²) in [5.74, 6) is 0. The van der Waals surface area contributed by atoms with Gasteiger partial charge in [-0.25, -0.2) is 0 Å². The summed E-state index contributed by atoms with van der Waals surface area (Å²) in [6, 6.07) is 12.2. The highest BCUT2D eigenvalue weighted by atomic mass is 15.1. The van der Waals surface area contributed by atoms with Gasteiger partial charge < -0.3 is 4.90 Å². The van der Waals surface area contributed by atoms with E-state index in [0.717, 1.165) is 22.6 Å². The van der Waals surface area contributed by atoms with Gasteiger partial charge in [0.15, 0.2) is 0 Å². The average molecular weight is 226 g/mol. The zero-order valence-corrected chi connectivity index (χ0v) is 9.94. The van der Waals surface area contributed by atoms with Crippen molar-refractivity contribution < 1.29 is 0 Å². The summed E-state index contributed by atoms with van der Waals surface area (Å²) in [4.78, 5) is 2.05. The molecule has 0 fully saturated rings. The Labute approximate surface area is 100 Å². The first-order chi connectivity index (χ1) is 8.20. The summed E-state index contributed by atoms with van der Waals surface area (Å²) in [5, 5.41) is 15.6. The zero-order valence-electron chi connectivity index (χ0n) is 9.94. The molecule has 0 aliphatic carbocycles. The number of nitriles is 1. The van der Waals surface area contributed by atoms with Crippen molar-refractivity contribution in [3.63, 3.8) is 0 Å². The lowest BCUT2D eigenvalue weighted by atomic mass is 10.1. The van der Waals surface area contributed by atoms with Crippen molar-refractivity contribution >= 4 is 5.69 Å². The monoisotopic (exact) mass is 226 g/mol. The minimum Gasteiger partial charge on any atom is -0.378 e. The highest BCUT2D eigenvalue weighted by molar-refractivity contribution is 5.63. The van der Waals surface area contributed by atoms with Crippen molar-refractivity contribution in [3.8, 4) is 17.3 Å². The van der Waals surface area contributed by atoms with Crippen molar-refractivity contribution in [2.45, 2.75) is 6.42 Å². The van der Waals surface area contributed by atoms with Crippen LogP contribution in [0, 0.1) is 11.3 Å². The van der Waals surface area contributed by atoms with Crippen molar-refractivity contribution in [3.05, 3.63) is 36.0 Å². The molecule has 0 radical (unpaired) electrons. The predicted molar refractivity (Wildman–Crippen MR) is 67.7 cm³/mol. The molecule has 86 valence electrons. The van der Waals surface area contributed by atoms with E-state index in [1.165, 1.54) is 0 Å². The number of anilines is 1. The molecule has 0 saturated heterocycles. The van der Waals surface area contributed by atoms with Gasteiger partial charge in [0.1, 0.15) is 0 Å². The van der Waals surface area contributed by atoms with Gasteiger partial charge in [-0.2, -0.15) is 10.4 Å². The van der Waals surface area contributed by atoms with E-state index in [1.807, 2.05) is 44.4 Å². The Bertz CT molecular complexity index is 531. The van der Waals surface area contributed by atoms with Gasteiger partial charge in [-0.15, -0.1) is 0 Å². The maximum Gasteiger partial charge on any atom is 0.0923 e. The minimum absolute atomic E-state index is 0.364.